The summed E-state index contributed by atoms with van der Waals surface area (Å²) in [6.45, 7) is 1.10. The quantitative estimate of drug-likeness (QED) is 0.198. The van der Waals surface area contributed by atoms with E-state index in [1.807, 2.05) is 96.6 Å². The average molecular weight is 583 g/mol. The van der Waals surface area contributed by atoms with Gasteiger partial charge in [-0.2, -0.15) is 4.57 Å². The lowest BCUT2D eigenvalue weighted by Gasteiger charge is -2.25. The van der Waals surface area contributed by atoms with Crippen LogP contribution in [-0.2, 0) is 20.1 Å². The molecule has 0 unspecified atom stereocenters. The number of para-hydroxylation sites is 2. The van der Waals surface area contributed by atoms with Crippen molar-refractivity contribution in [1.29, 1.82) is 0 Å². The van der Waals surface area contributed by atoms with Gasteiger partial charge in [0.15, 0.2) is 0 Å². The van der Waals surface area contributed by atoms with Gasteiger partial charge in [0.05, 0.1) is 33.1 Å². The fourth-order valence-electron chi connectivity index (χ4n) is 5.05. The number of aryl methyl sites for hydroxylation is 1. The second-order valence-electron chi connectivity index (χ2n) is 9.77. The van der Waals surface area contributed by atoms with Gasteiger partial charge in [-0.25, -0.2) is 4.79 Å². The van der Waals surface area contributed by atoms with Crippen LogP contribution in [0.2, 0.25) is 10.0 Å². The first-order valence-corrected chi connectivity index (χ1v) is 13.8. The first kappa shape index (κ1) is 26.7. The third-order valence-electron chi connectivity index (χ3n) is 7.13. The second kappa shape index (κ2) is 11.2. The Bertz CT molecular complexity index is 1810. The van der Waals surface area contributed by atoms with E-state index in [-0.39, 0.29) is 5.56 Å². The van der Waals surface area contributed by atoms with Crippen LogP contribution in [0.5, 0.6) is 0 Å². The molecule has 6 rings (SSSR count). The third-order valence-corrected chi connectivity index (χ3v) is 7.86. The number of carboxylic acid groups (broad SMARTS) is 1. The largest absolute Gasteiger partial charge is 0.478 e. The lowest BCUT2D eigenvalue weighted by atomic mass is 10.1. The van der Waals surface area contributed by atoms with Crippen molar-refractivity contribution in [1.82, 2.24) is 0 Å². The number of oxazole rings is 1. The van der Waals surface area contributed by atoms with Gasteiger partial charge in [0.2, 0.25) is 5.58 Å². The van der Waals surface area contributed by atoms with E-state index in [0.717, 1.165) is 45.3 Å². The first-order chi connectivity index (χ1) is 19.9. The highest BCUT2D eigenvalue weighted by atomic mass is 35.5. The molecule has 41 heavy (non-hydrogen) atoms. The second-order valence-corrected chi connectivity index (χ2v) is 10.6. The predicted molar refractivity (Wildman–Crippen MR) is 163 cm³/mol. The Morgan fingerprint density at radius 3 is 2.05 bits per heavy atom. The number of allylic oxidation sites excluding steroid dienone is 2. The molecule has 0 bridgehead atoms. The highest BCUT2D eigenvalue weighted by molar-refractivity contribution is 6.42. The summed E-state index contributed by atoms with van der Waals surface area (Å²) in [4.78, 5) is 15.8. The van der Waals surface area contributed by atoms with Crippen molar-refractivity contribution in [3.63, 3.8) is 0 Å². The topological polar surface area (TPSA) is 60.8 Å². The number of hydrogen-bond donors (Lipinski definition) is 1. The van der Waals surface area contributed by atoms with Crippen LogP contribution in [0.3, 0.4) is 0 Å². The van der Waals surface area contributed by atoms with E-state index in [1.54, 1.807) is 12.1 Å². The number of benzene rings is 4. The standard InChI is InChI=1S/C33H25Cl2N3O3/c1-36-27-10-5-6-11-30(27)41-32(36)13-7-12-31-37(20-22-8-3-2-4-9-22)28-18-25(34)26(35)19-29(28)38(31)21-23-14-16-24(17-15-23)33(39)40/h2-19H,20-21H2,1H3/p+1. The van der Waals surface area contributed by atoms with E-state index in [4.69, 9.17) is 27.6 Å². The number of carboxylic acids is 1. The molecule has 204 valence electrons. The summed E-state index contributed by atoms with van der Waals surface area (Å²) in [7, 11) is 1.98. The SMILES string of the molecule is C[n+]1c(C=CC=C2N(Cc3ccccc3)c3cc(Cl)c(Cl)cc3N2Cc2ccc(C(=O)O)cc2)oc2ccccc21. The smallest absolute Gasteiger partial charge is 0.373 e. The molecule has 0 saturated heterocycles. The van der Waals surface area contributed by atoms with Crippen molar-refractivity contribution in [2.24, 2.45) is 7.05 Å². The Labute approximate surface area is 247 Å². The van der Waals surface area contributed by atoms with Crippen molar-refractivity contribution in [2.75, 3.05) is 9.80 Å². The minimum atomic E-state index is -0.956. The Balaban J connectivity index is 1.44. The number of rotatable bonds is 7. The zero-order valence-corrected chi connectivity index (χ0v) is 23.7. The van der Waals surface area contributed by atoms with E-state index < -0.39 is 5.97 Å². The Kier molecular flexibility index (Phi) is 7.26. The molecule has 0 radical (unpaired) electrons. The average Bonchev–Trinajstić information content (AvgIpc) is 3.43. The summed E-state index contributed by atoms with van der Waals surface area (Å²) < 4.78 is 8.08. The summed E-state index contributed by atoms with van der Waals surface area (Å²) in [6.07, 6.45) is 5.96. The van der Waals surface area contributed by atoms with E-state index in [9.17, 15) is 9.90 Å². The Hall–Kier alpha value is -4.52. The van der Waals surface area contributed by atoms with Crippen molar-refractivity contribution in [3.8, 4) is 0 Å². The van der Waals surface area contributed by atoms with Gasteiger partial charge in [0.1, 0.15) is 12.9 Å². The van der Waals surface area contributed by atoms with Crippen LogP contribution in [0.15, 0.2) is 113 Å². The summed E-state index contributed by atoms with van der Waals surface area (Å²) in [5.41, 5.74) is 5.99. The van der Waals surface area contributed by atoms with E-state index in [1.165, 1.54) is 0 Å². The molecular formula is C33H26Cl2N3O3+. The molecule has 0 amide bonds. The van der Waals surface area contributed by atoms with Crippen LogP contribution in [0.1, 0.15) is 27.4 Å². The van der Waals surface area contributed by atoms with Crippen LogP contribution in [0.25, 0.3) is 17.2 Å². The molecule has 0 atom stereocenters. The van der Waals surface area contributed by atoms with Crippen molar-refractivity contribution in [2.45, 2.75) is 13.1 Å². The molecule has 5 aromatic rings. The Morgan fingerprint density at radius 2 is 1.44 bits per heavy atom. The molecule has 0 aliphatic carbocycles. The first-order valence-electron chi connectivity index (χ1n) is 13.1. The van der Waals surface area contributed by atoms with Crippen molar-refractivity contribution in [3.05, 3.63) is 142 Å². The van der Waals surface area contributed by atoms with Gasteiger partial charge >= 0.3 is 11.9 Å². The molecule has 1 N–H and O–H groups in total. The van der Waals surface area contributed by atoms with Gasteiger partial charge < -0.3 is 19.3 Å². The van der Waals surface area contributed by atoms with Gasteiger partial charge in [-0.3, -0.25) is 0 Å². The van der Waals surface area contributed by atoms with Crippen LogP contribution in [-0.4, -0.2) is 11.1 Å². The number of aromatic carboxylic acids is 1. The number of nitrogens with zero attached hydrogens (tertiary/aromatic N) is 3. The number of hydrogen-bond acceptors (Lipinski definition) is 4. The van der Waals surface area contributed by atoms with E-state index in [0.29, 0.717) is 23.1 Å². The lowest BCUT2D eigenvalue weighted by molar-refractivity contribution is -0.652. The summed E-state index contributed by atoms with van der Waals surface area (Å²) in [5.74, 6) is 0.678. The number of aromatic nitrogens is 1. The summed E-state index contributed by atoms with van der Waals surface area (Å²) in [6, 6.07) is 28.8. The molecule has 1 aromatic heterocycles. The zero-order valence-electron chi connectivity index (χ0n) is 22.2. The number of fused-ring (bicyclic) bond motifs is 2. The van der Waals surface area contributed by atoms with E-state index in [2.05, 4.69) is 21.9 Å². The third kappa shape index (κ3) is 5.32. The lowest BCUT2D eigenvalue weighted by Crippen LogP contribution is -2.29. The Morgan fingerprint density at radius 1 is 0.854 bits per heavy atom. The fourth-order valence-corrected chi connectivity index (χ4v) is 5.36. The molecular weight excluding hydrogens is 557 g/mol. The van der Waals surface area contributed by atoms with Gasteiger partial charge in [0.25, 0.3) is 5.52 Å². The maximum atomic E-state index is 11.4. The molecule has 4 aromatic carbocycles. The normalized spacial score (nSPS) is 14.0. The maximum absolute atomic E-state index is 11.4. The van der Waals surface area contributed by atoms with Crippen molar-refractivity contribution < 1.29 is 18.9 Å². The highest BCUT2D eigenvalue weighted by Gasteiger charge is 2.32. The fraction of sp³-hybridized carbons (Fsp3) is 0.0909. The van der Waals surface area contributed by atoms with Gasteiger partial charge in [0, 0.05) is 19.2 Å². The van der Waals surface area contributed by atoms with Gasteiger partial charge in [-0.15, -0.1) is 0 Å². The minimum Gasteiger partial charge on any atom is -0.478 e. The predicted octanol–water partition coefficient (Wildman–Crippen LogP) is 7.84. The molecule has 0 spiro atoms. The van der Waals surface area contributed by atoms with Crippen LogP contribution in [0.4, 0.5) is 11.4 Å². The number of anilines is 2. The maximum Gasteiger partial charge on any atom is 0.373 e. The van der Waals surface area contributed by atoms with Gasteiger partial charge in [-0.05, 0) is 53.6 Å². The molecule has 0 saturated carbocycles. The van der Waals surface area contributed by atoms with Gasteiger partial charge in [-0.1, -0.05) is 77.8 Å². The summed E-state index contributed by atoms with van der Waals surface area (Å²) in [5, 5.41) is 10.3. The number of carbonyl (C=O) groups is 1. The monoisotopic (exact) mass is 582 g/mol. The summed E-state index contributed by atoms with van der Waals surface area (Å²) >= 11 is 13.0. The highest BCUT2D eigenvalue weighted by Crippen LogP contribution is 2.47. The zero-order chi connectivity index (χ0) is 28.5. The number of halogens is 2. The minimum absolute atomic E-state index is 0.244. The molecule has 6 nitrogen and oxygen atoms in total. The van der Waals surface area contributed by atoms with E-state index >= 15 is 0 Å². The molecule has 1 aliphatic heterocycles. The molecule has 2 heterocycles. The molecule has 8 heteroatoms. The van der Waals surface area contributed by atoms with Crippen LogP contribution in [0, 0.1) is 0 Å². The van der Waals surface area contributed by atoms with Crippen LogP contribution < -0.4 is 14.4 Å². The molecule has 0 fully saturated rings. The molecule has 1 aliphatic rings. The van der Waals surface area contributed by atoms with Crippen molar-refractivity contribution >= 4 is 57.7 Å². The van der Waals surface area contributed by atoms with Crippen LogP contribution >= 0.6 is 23.2 Å².